The molecular weight excluding hydrogens is 690 g/mol. The molecule has 2 aliphatic rings. The molecule has 3 N–H and O–H groups in total. The lowest BCUT2D eigenvalue weighted by Crippen LogP contribution is -2.43. The molecule has 0 saturated carbocycles. The normalized spacial score (nSPS) is 16.5. The van der Waals surface area contributed by atoms with Crippen LogP contribution in [0.4, 0.5) is 21.0 Å². The molecule has 14 heteroatoms. The average Bonchev–Trinajstić information content (AvgIpc) is 3.98. The van der Waals surface area contributed by atoms with Crippen LogP contribution in [0.2, 0.25) is 0 Å². The molecule has 14 nitrogen and oxygen atoms in total. The van der Waals surface area contributed by atoms with E-state index in [-0.39, 0.29) is 25.0 Å². The molecule has 2 aliphatic heterocycles. The monoisotopic (exact) mass is 729 g/mol. The highest BCUT2D eigenvalue weighted by Crippen LogP contribution is 2.25. The first-order chi connectivity index (χ1) is 26.3. The van der Waals surface area contributed by atoms with Gasteiger partial charge >= 0.3 is 17.9 Å². The van der Waals surface area contributed by atoms with E-state index in [9.17, 15) is 24.0 Å². The zero-order valence-corrected chi connectivity index (χ0v) is 29.4. The van der Waals surface area contributed by atoms with E-state index < -0.39 is 30.0 Å². The highest BCUT2D eigenvalue weighted by Gasteiger charge is 2.36. The van der Waals surface area contributed by atoms with E-state index in [1.807, 2.05) is 60.7 Å². The van der Waals surface area contributed by atoms with E-state index in [0.29, 0.717) is 67.2 Å². The number of ether oxygens (including phenoxy) is 2. The van der Waals surface area contributed by atoms with Crippen molar-refractivity contribution in [1.82, 2.24) is 24.6 Å². The summed E-state index contributed by atoms with van der Waals surface area (Å²) in [6, 6.07) is 31.0. The van der Waals surface area contributed by atoms with Crippen LogP contribution in [0.25, 0.3) is 17.1 Å². The second-order valence-corrected chi connectivity index (χ2v) is 13.1. The molecule has 4 amide bonds. The van der Waals surface area contributed by atoms with Crippen molar-refractivity contribution in [3.05, 3.63) is 131 Å². The van der Waals surface area contributed by atoms with Crippen molar-refractivity contribution in [2.75, 3.05) is 23.7 Å². The van der Waals surface area contributed by atoms with E-state index in [1.165, 1.54) is 14.4 Å². The van der Waals surface area contributed by atoms with Gasteiger partial charge in [-0.3, -0.25) is 19.4 Å². The third-order valence-electron chi connectivity index (χ3n) is 9.47. The minimum Gasteiger partial charge on any atom is -0.445 e. The number of nitrogens with zero attached hydrogens (tertiary/aromatic N) is 4. The third kappa shape index (κ3) is 8.17. The molecule has 0 spiro atoms. The number of carbonyl (C=O) groups is 4. The van der Waals surface area contributed by atoms with Gasteiger partial charge in [0.25, 0.3) is 0 Å². The fourth-order valence-corrected chi connectivity index (χ4v) is 6.70. The summed E-state index contributed by atoms with van der Waals surface area (Å²) in [6.07, 6.45) is 1.34. The van der Waals surface area contributed by atoms with Gasteiger partial charge in [0.2, 0.25) is 11.8 Å². The maximum Gasteiger partial charge on any atom is 0.410 e. The Hall–Kier alpha value is -6.70. The van der Waals surface area contributed by atoms with Crippen molar-refractivity contribution in [2.45, 2.75) is 51.0 Å². The van der Waals surface area contributed by atoms with Gasteiger partial charge in [-0.25, -0.2) is 24.0 Å². The fourth-order valence-electron chi connectivity index (χ4n) is 6.70. The fraction of sp³-hybridized carbons (Fsp3) is 0.250. The average molecular weight is 730 g/mol. The first-order valence-corrected chi connectivity index (χ1v) is 17.8. The van der Waals surface area contributed by atoms with E-state index in [2.05, 4.69) is 20.8 Å². The Morgan fingerprint density at radius 1 is 0.648 bits per heavy atom. The molecule has 5 aromatic rings. The van der Waals surface area contributed by atoms with Crippen molar-refractivity contribution in [2.24, 2.45) is 0 Å². The number of aromatic amines is 1. The molecule has 3 heterocycles. The molecule has 0 aliphatic carbocycles. The van der Waals surface area contributed by atoms with Crippen molar-refractivity contribution in [3.8, 4) is 17.1 Å². The van der Waals surface area contributed by atoms with Gasteiger partial charge in [0, 0.05) is 30.0 Å². The van der Waals surface area contributed by atoms with Gasteiger partial charge in [-0.05, 0) is 85.3 Å². The Morgan fingerprint density at radius 3 is 1.59 bits per heavy atom. The van der Waals surface area contributed by atoms with Crippen molar-refractivity contribution < 1.29 is 28.7 Å². The Labute approximate surface area is 310 Å². The van der Waals surface area contributed by atoms with Crippen molar-refractivity contribution >= 4 is 35.4 Å². The summed E-state index contributed by atoms with van der Waals surface area (Å²) in [6.45, 7) is 1.10. The predicted molar refractivity (Wildman–Crippen MR) is 200 cm³/mol. The highest BCUT2D eigenvalue weighted by molar-refractivity contribution is 5.97. The summed E-state index contributed by atoms with van der Waals surface area (Å²) in [4.78, 5) is 67.8. The van der Waals surface area contributed by atoms with Gasteiger partial charge in [-0.1, -0.05) is 60.7 Å². The van der Waals surface area contributed by atoms with E-state index in [1.54, 1.807) is 48.5 Å². The number of aromatic nitrogens is 3. The van der Waals surface area contributed by atoms with Crippen LogP contribution in [0.1, 0.15) is 36.8 Å². The third-order valence-corrected chi connectivity index (χ3v) is 9.47. The van der Waals surface area contributed by atoms with Gasteiger partial charge < -0.3 is 20.1 Å². The zero-order valence-electron chi connectivity index (χ0n) is 29.4. The summed E-state index contributed by atoms with van der Waals surface area (Å²) in [7, 11) is 0. The lowest BCUT2D eigenvalue weighted by molar-refractivity contribution is -0.120. The van der Waals surface area contributed by atoms with Crippen molar-refractivity contribution in [3.63, 3.8) is 0 Å². The maximum absolute atomic E-state index is 13.2. The molecule has 0 unspecified atom stereocenters. The first kappa shape index (κ1) is 35.7. The lowest BCUT2D eigenvalue weighted by Gasteiger charge is -2.23. The van der Waals surface area contributed by atoms with Gasteiger partial charge in [-0.15, -0.1) is 0 Å². The lowest BCUT2D eigenvalue weighted by atomic mass is 10.1. The molecule has 1 aromatic heterocycles. The maximum atomic E-state index is 13.2. The van der Waals surface area contributed by atoms with Crippen LogP contribution in [0.5, 0.6) is 0 Å². The molecule has 0 bridgehead atoms. The van der Waals surface area contributed by atoms with Crippen LogP contribution >= 0.6 is 0 Å². The SMILES string of the molecule is O=C(Nc1ccc(-c2n[nH]c(=O)n2-c2ccc(NC(=O)[C@@H]3CCCN3C(=O)OCc3ccccc3)cc2)cc1)[C@@H]1CCCN1C(=O)OCc1ccccc1. The van der Waals surface area contributed by atoms with E-state index in [0.717, 1.165) is 11.1 Å². The number of nitrogens with one attached hydrogen (secondary N) is 3. The molecule has 2 fully saturated rings. The number of carbonyl (C=O) groups excluding carboxylic acids is 4. The molecule has 54 heavy (non-hydrogen) atoms. The molecule has 4 aromatic carbocycles. The quantitative estimate of drug-likeness (QED) is 0.164. The smallest absolute Gasteiger partial charge is 0.410 e. The summed E-state index contributed by atoms with van der Waals surface area (Å²) in [5.41, 5.74) is 3.39. The largest absolute Gasteiger partial charge is 0.445 e. The number of H-pyrrole nitrogens is 1. The minimum absolute atomic E-state index is 0.122. The van der Waals surface area contributed by atoms with Crippen LogP contribution in [0.3, 0.4) is 0 Å². The van der Waals surface area contributed by atoms with Gasteiger partial charge in [0.1, 0.15) is 25.3 Å². The van der Waals surface area contributed by atoms with E-state index in [4.69, 9.17) is 9.47 Å². The molecule has 2 saturated heterocycles. The molecule has 0 radical (unpaired) electrons. The Bertz CT molecular complexity index is 2150. The number of anilines is 2. The van der Waals surface area contributed by atoms with Crippen molar-refractivity contribution in [1.29, 1.82) is 0 Å². The standard InChI is InChI=1S/C40H39N7O7/c48-36(33-13-7-23-45(33)39(51)53-25-27-9-3-1-4-10-27)41-30-17-15-29(16-18-30)35-43-44-38(50)47(35)32-21-19-31(20-22-32)42-37(49)34-14-8-24-46(34)40(52)54-26-28-11-5-2-6-12-28/h1-6,9-12,15-22,33-34H,7-8,13-14,23-26H2,(H,41,48)(H,42,49)(H,44,50)/t33-,34-/m0/s1. The number of likely N-dealkylation sites (tertiary alicyclic amines) is 2. The summed E-state index contributed by atoms with van der Waals surface area (Å²) in [5, 5.41) is 12.5. The predicted octanol–water partition coefficient (Wildman–Crippen LogP) is 5.71. The Kier molecular flexibility index (Phi) is 10.8. The van der Waals surface area contributed by atoms with Crippen LogP contribution in [-0.2, 0) is 32.3 Å². The van der Waals surface area contributed by atoms with Crippen LogP contribution < -0.4 is 16.3 Å². The molecule has 7 rings (SSSR count). The number of hydrogen-bond donors (Lipinski definition) is 3. The van der Waals surface area contributed by atoms with E-state index >= 15 is 0 Å². The Balaban J connectivity index is 0.954. The molecule has 2 atom stereocenters. The number of rotatable bonds is 10. The van der Waals surface area contributed by atoms with Gasteiger partial charge in [0.05, 0.1) is 5.69 Å². The molecule has 276 valence electrons. The van der Waals surface area contributed by atoms with Crippen LogP contribution in [-0.4, -0.2) is 73.7 Å². The minimum atomic E-state index is -0.665. The number of amides is 4. The zero-order chi connectivity index (χ0) is 37.4. The Morgan fingerprint density at radius 2 is 1.11 bits per heavy atom. The number of benzene rings is 4. The first-order valence-electron chi connectivity index (χ1n) is 17.8. The van der Waals surface area contributed by atoms with Gasteiger partial charge in [-0.2, -0.15) is 5.10 Å². The van der Waals surface area contributed by atoms with Gasteiger partial charge in [0.15, 0.2) is 5.82 Å². The second-order valence-electron chi connectivity index (χ2n) is 13.1. The summed E-state index contributed by atoms with van der Waals surface area (Å²) in [5.74, 6) is -0.299. The van der Waals surface area contributed by atoms with Crippen LogP contribution in [0, 0.1) is 0 Å². The second kappa shape index (κ2) is 16.3. The van der Waals surface area contributed by atoms with Crippen LogP contribution in [0.15, 0.2) is 114 Å². The topological polar surface area (TPSA) is 168 Å². The summed E-state index contributed by atoms with van der Waals surface area (Å²) >= 11 is 0. The molecular formula is C40H39N7O7. The number of hydrogen-bond acceptors (Lipinski definition) is 8. The highest BCUT2D eigenvalue weighted by atomic mass is 16.6. The summed E-state index contributed by atoms with van der Waals surface area (Å²) < 4.78 is 12.3.